The van der Waals surface area contributed by atoms with Crippen molar-refractivity contribution < 1.29 is 4.79 Å². The normalized spacial score (nSPS) is 15.2. The summed E-state index contributed by atoms with van der Waals surface area (Å²) in [4.78, 5) is 16.5. The Hall–Kier alpha value is -1.43. The second-order valence-corrected chi connectivity index (χ2v) is 7.07. The zero-order chi connectivity index (χ0) is 15.6. The molecule has 1 heterocycles. The predicted molar refractivity (Wildman–Crippen MR) is 79.5 cm³/mol. The molecule has 114 valence electrons. The van der Waals surface area contributed by atoms with Crippen molar-refractivity contribution in [2.45, 2.75) is 58.9 Å². The Morgan fingerprint density at radius 3 is 2.35 bits per heavy atom. The Labute approximate surface area is 120 Å². The van der Waals surface area contributed by atoms with Crippen LogP contribution in [0.1, 0.15) is 64.4 Å². The molecule has 0 aliphatic carbocycles. The molecule has 0 radical (unpaired) electrons. The number of hydrogen-bond acceptors (Lipinski definition) is 4. The van der Waals surface area contributed by atoms with Gasteiger partial charge in [0.2, 0.25) is 5.82 Å². The van der Waals surface area contributed by atoms with Crippen LogP contribution in [-0.4, -0.2) is 33.2 Å². The lowest BCUT2D eigenvalue weighted by atomic mass is 9.90. The largest absolute Gasteiger partial charge is 0.343 e. The first-order valence-corrected chi connectivity index (χ1v) is 7.03. The average Bonchev–Trinajstić information content (AvgIpc) is 2.76. The van der Waals surface area contributed by atoms with E-state index in [2.05, 4.69) is 34.3 Å². The fraction of sp³-hybridized carbons (Fsp3) is 0.786. The SMILES string of the molecule is CC(C)CC(C)(CN)NC(=O)c1n[nH]c(C(C)(C)C)n1. The predicted octanol–water partition coefficient (Wildman–Crippen LogP) is 1.60. The standard InChI is InChI=1S/C14H27N5O/c1-9(2)7-14(6,8-15)17-11(20)10-16-12(19-18-10)13(3,4)5/h9H,7-8,15H2,1-6H3,(H,17,20)(H,16,18,19). The molecule has 20 heavy (non-hydrogen) atoms. The maximum atomic E-state index is 12.2. The van der Waals surface area contributed by atoms with Gasteiger partial charge in [-0.1, -0.05) is 34.6 Å². The summed E-state index contributed by atoms with van der Waals surface area (Å²) in [5.41, 5.74) is 5.19. The van der Waals surface area contributed by atoms with Gasteiger partial charge in [0.1, 0.15) is 5.82 Å². The molecule has 6 nitrogen and oxygen atoms in total. The fourth-order valence-corrected chi connectivity index (χ4v) is 2.12. The summed E-state index contributed by atoms with van der Waals surface area (Å²) in [5, 5.41) is 9.76. The van der Waals surface area contributed by atoms with Gasteiger partial charge in [-0.2, -0.15) is 0 Å². The van der Waals surface area contributed by atoms with Crippen molar-refractivity contribution in [3.05, 3.63) is 11.6 Å². The zero-order valence-corrected chi connectivity index (χ0v) is 13.4. The summed E-state index contributed by atoms with van der Waals surface area (Å²) in [5.74, 6) is 1.02. The molecule has 1 amide bonds. The molecule has 0 aliphatic rings. The summed E-state index contributed by atoms with van der Waals surface area (Å²) in [6.45, 7) is 12.6. The van der Waals surface area contributed by atoms with Crippen molar-refractivity contribution in [3.63, 3.8) is 0 Å². The molecule has 0 bridgehead atoms. The molecule has 0 aromatic carbocycles. The van der Waals surface area contributed by atoms with E-state index in [1.807, 2.05) is 27.7 Å². The quantitative estimate of drug-likeness (QED) is 0.763. The minimum atomic E-state index is -0.437. The van der Waals surface area contributed by atoms with Gasteiger partial charge < -0.3 is 11.1 Å². The number of aromatic nitrogens is 3. The van der Waals surface area contributed by atoms with Gasteiger partial charge >= 0.3 is 0 Å². The number of amides is 1. The molecule has 1 unspecified atom stereocenters. The third-order valence-electron chi connectivity index (χ3n) is 3.12. The Bertz CT molecular complexity index is 460. The number of carbonyl (C=O) groups excluding carboxylic acids is 1. The molecule has 0 spiro atoms. The molecule has 6 heteroatoms. The molecule has 4 N–H and O–H groups in total. The van der Waals surface area contributed by atoms with E-state index in [-0.39, 0.29) is 17.1 Å². The molecule has 1 rings (SSSR count). The van der Waals surface area contributed by atoms with Crippen LogP contribution in [0.4, 0.5) is 0 Å². The monoisotopic (exact) mass is 281 g/mol. The third-order valence-corrected chi connectivity index (χ3v) is 3.12. The Balaban J connectivity index is 2.82. The number of rotatable bonds is 5. The van der Waals surface area contributed by atoms with Gasteiger partial charge in [0, 0.05) is 12.0 Å². The number of nitrogens with two attached hydrogens (primary N) is 1. The molecule has 0 fully saturated rings. The van der Waals surface area contributed by atoms with E-state index in [4.69, 9.17) is 5.73 Å². The number of H-pyrrole nitrogens is 1. The Morgan fingerprint density at radius 1 is 1.35 bits per heavy atom. The van der Waals surface area contributed by atoms with Crippen LogP contribution in [0.15, 0.2) is 0 Å². The van der Waals surface area contributed by atoms with Crippen LogP contribution in [0.25, 0.3) is 0 Å². The number of aromatic amines is 1. The van der Waals surface area contributed by atoms with Crippen LogP contribution in [0.2, 0.25) is 0 Å². The summed E-state index contributed by atoms with van der Waals surface area (Å²) >= 11 is 0. The van der Waals surface area contributed by atoms with E-state index in [0.29, 0.717) is 18.3 Å². The van der Waals surface area contributed by atoms with Crippen LogP contribution in [-0.2, 0) is 5.41 Å². The highest BCUT2D eigenvalue weighted by atomic mass is 16.2. The maximum absolute atomic E-state index is 12.2. The van der Waals surface area contributed by atoms with Crippen LogP contribution >= 0.6 is 0 Å². The number of nitrogens with one attached hydrogen (secondary N) is 2. The first-order valence-electron chi connectivity index (χ1n) is 7.03. The summed E-state index contributed by atoms with van der Waals surface area (Å²) in [6.07, 6.45) is 0.811. The Kier molecular flexibility index (Phi) is 4.91. The highest BCUT2D eigenvalue weighted by molar-refractivity contribution is 5.90. The van der Waals surface area contributed by atoms with E-state index < -0.39 is 5.54 Å². The van der Waals surface area contributed by atoms with Crippen molar-refractivity contribution in [1.82, 2.24) is 20.5 Å². The average molecular weight is 281 g/mol. The smallest absolute Gasteiger partial charge is 0.291 e. The van der Waals surface area contributed by atoms with Crippen LogP contribution in [0.3, 0.4) is 0 Å². The highest BCUT2D eigenvalue weighted by Crippen LogP contribution is 2.18. The molecular formula is C14H27N5O. The topological polar surface area (TPSA) is 96.7 Å². The zero-order valence-electron chi connectivity index (χ0n) is 13.4. The maximum Gasteiger partial charge on any atom is 0.291 e. The minimum absolute atomic E-state index is 0.165. The van der Waals surface area contributed by atoms with Crippen molar-refractivity contribution in [2.75, 3.05) is 6.54 Å². The molecule has 0 saturated heterocycles. The molecule has 1 atom stereocenters. The minimum Gasteiger partial charge on any atom is -0.343 e. The fourth-order valence-electron chi connectivity index (χ4n) is 2.12. The second kappa shape index (κ2) is 5.91. The van der Waals surface area contributed by atoms with Crippen molar-refractivity contribution in [1.29, 1.82) is 0 Å². The first kappa shape index (κ1) is 16.6. The lowest BCUT2D eigenvalue weighted by Crippen LogP contribution is -2.52. The lowest BCUT2D eigenvalue weighted by molar-refractivity contribution is 0.0887. The van der Waals surface area contributed by atoms with Gasteiger partial charge in [-0.25, -0.2) is 4.98 Å². The molecule has 0 saturated carbocycles. The molecule has 0 aliphatic heterocycles. The van der Waals surface area contributed by atoms with E-state index in [1.54, 1.807) is 0 Å². The Morgan fingerprint density at radius 2 is 1.95 bits per heavy atom. The van der Waals surface area contributed by atoms with E-state index in [0.717, 1.165) is 6.42 Å². The number of nitrogens with zero attached hydrogens (tertiary/aromatic N) is 2. The van der Waals surface area contributed by atoms with Gasteiger partial charge in [-0.05, 0) is 19.3 Å². The molecule has 1 aromatic heterocycles. The van der Waals surface area contributed by atoms with Gasteiger partial charge in [0.05, 0.1) is 5.54 Å². The first-order chi connectivity index (χ1) is 9.07. The van der Waals surface area contributed by atoms with E-state index >= 15 is 0 Å². The van der Waals surface area contributed by atoms with Gasteiger partial charge in [-0.15, -0.1) is 5.10 Å². The van der Waals surface area contributed by atoms with Crippen LogP contribution in [0, 0.1) is 5.92 Å². The van der Waals surface area contributed by atoms with E-state index in [9.17, 15) is 4.79 Å². The number of carbonyl (C=O) groups is 1. The van der Waals surface area contributed by atoms with Gasteiger partial charge in [-0.3, -0.25) is 9.89 Å². The van der Waals surface area contributed by atoms with Crippen molar-refractivity contribution in [3.8, 4) is 0 Å². The highest BCUT2D eigenvalue weighted by Gasteiger charge is 2.28. The van der Waals surface area contributed by atoms with Crippen LogP contribution < -0.4 is 11.1 Å². The molecular weight excluding hydrogens is 254 g/mol. The summed E-state index contributed by atoms with van der Waals surface area (Å²) in [6, 6.07) is 0. The third kappa shape index (κ3) is 4.30. The summed E-state index contributed by atoms with van der Waals surface area (Å²) in [7, 11) is 0. The molecule has 1 aromatic rings. The van der Waals surface area contributed by atoms with E-state index in [1.165, 1.54) is 0 Å². The van der Waals surface area contributed by atoms with Crippen LogP contribution in [0.5, 0.6) is 0 Å². The van der Waals surface area contributed by atoms with Gasteiger partial charge in [0.25, 0.3) is 5.91 Å². The summed E-state index contributed by atoms with van der Waals surface area (Å²) < 4.78 is 0. The second-order valence-electron chi connectivity index (χ2n) is 7.07. The number of hydrogen-bond donors (Lipinski definition) is 3. The van der Waals surface area contributed by atoms with Crippen molar-refractivity contribution in [2.24, 2.45) is 11.7 Å². The van der Waals surface area contributed by atoms with Gasteiger partial charge in [0.15, 0.2) is 0 Å². The van der Waals surface area contributed by atoms with Crippen molar-refractivity contribution >= 4 is 5.91 Å². The lowest BCUT2D eigenvalue weighted by Gasteiger charge is -2.30.